The Balaban J connectivity index is 0.000000481. The van der Waals surface area contributed by atoms with Crippen LogP contribution in [0.25, 0.3) is 0 Å². The van der Waals surface area contributed by atoms with Gasteiger partial charge in [0.2, 0.25) is 0 Å². The quantitative estimate of drug-likeness (QED) is 0.631. The minimum absolute atomic E-state index is 0.120. The normalized spacial score (nSPS) is 45.2. The van der Waals surface area contributed by atoms with Gasteiger partial charge in [0.25, 0.3) is 5.97 Å². The molecule has 6 atom stereocenters. The number of rotatable bonds is 0. The monoisotopic (exact) mass is 372 g/mol. The van der Waals surface area contributed by atoms with Crippen LogP contribution in [0.3, 0.4) is 0 Å². The first-order chi connectivity index (χ1) is 12.6. The number of hydrogen-bond acceptors (Lipinski definition) is 3. The molecule has 4 rings (SSSR count). The number of carboxylic acid groups (broad SMARTS) is 1. The van der Waals surface area contributed by atoms with Crippen molar-refractivity contribution in [2.24, 2.45) is 28.6 Å². The lowest BCUT2D eigenvalue weighted by Crippen LogP contribution is -2.54. The van der Waals surface area contributed by atoms with Crippen LogP contribution in [0.1, 0.15) is 72.1 Å². The summed E-state index contributed by atoms with van der Waals surface area (Å²) < 4.78 is 0. The highest BCUT2D eigenvalue weighted by Crippen LogP contribution is 2.67. The van der Waals surface area contributed by atoms with Gasteiger partial charge in [-0.05, 0) is 74.2 Å². The molecule has 0 aliphatic heterocycles. The Bertz CT molecular complexity index is 712. The first kappa shape index (κ1) is 20.1. The van der Waals surface area contributed by atoms with Crippen molar-refractivity contribution in [1.82, 2.24) is 0 Å². The van der Waals surface area contributed by atoms with E-state index in [1.807, 2.05) is 6.08 Å². The van der Waals surface area contributed by atoms with Crippen LogP contribution in [0.5, 0.6) is 0 Å². The molecule has 0 bridgehead atoms. The maximum Gasteiger partial charge on any atom is 0.300 e. The second-order valence-electron chi connectivity index (χ2n) is 9.49. The van der Waals surface area contributed by atoms with Crippen LogP contribution in [-0.2, 0) is 9.59 Å². The van der Waals surface area contributed by atoms with E-state index in [4.69, 9.17) is 16.3 Å². The van der Waals surface area contributed by atoms with E-state index >= 15 is 0 Å². The van der Waals surface area contributed by atoms with E-state index in [2.05, 4.69) is 19.8 Å². The summed E-state index contributed by atoms with van der Waals surface area (Å²) in [4.78, 5) is 20.8. The van der Waals surface area contributed by atoms with E-state index in [9.17, 15) is 9.90 Å². The Morgan fingerprint density at radius 2 is 1.78 bits per heavy atom. The molecule has 4 nitrogen and oxygen atoms in total. The van der Waals surface area contributed by atoms with Gasteiger partial charge in [-0.2, -0.15) is 0 Å². The van der Waals surface area contributed by atoms with E-state index < -0.39 is 11.6 Å². The molecule has 4 aliphatic carbocycles. The molecule has 0 aromatic carbocycles. The van der Waals surface area contributed by atoms with E-state index in [1.165, 1.54) is 12.0 Å². The molecule has 0 saturated heterocycles. The molecule has 2 N–H and O–H groups in total. The van der Waals surface area contributed by atoms with Gasteiger partial charge in [-0.3, -0.25) is 9.59 Å². The molecule has 0 radical (unpaired) electrons. The summed E-state index contributed by atoms with van der Waals surface area (Å²) >= 11 is 0. The SMILES string of the molecule is C#C[C@]1(O)CC[C@H]2[C@@H]3CCC4=CC(=O)CC[C@]4(C)[C@H]3CC[C@@]21C.CC(=O)O. The number of aliphatic hydroxyl groups is 1. The lowest BCUT2D eigenvalue weighted by molar-refractivity contribution is -0.134. The van der Waals surface area contributed by atoms with Crippen LogP contribution in [0.2, 0.25) is 0 Å². The highest BCUT2D eigenvalue weighted by Gasteiger charge is 2.63. The summed E-state index contributed by atoms with van der Waals surface area (Å²) in [7, 11) is 0. The molecule has 3 fully saturated rings. The second kappa shape index (κ2) is 6.78. The van der Waals surface area contributed by atoms with Crippen molar-refractivity contribution in [2.75, 3.05) is 0 Å². The molecule has 0 unspecified atom stereocenters. The first-order valence-electron chi connectivity index (χ1n) is 10.2. The lowest BCUT2D eigenvalue weighted by Gasteiger charge is -2.58. The summed E-state index contributed by atoms with van der Waals surface area (Å²) in [6.45, 7) is 5.71. The van der Waals surface area contributed by atoms with Crippen molar-refractivity contribution in [3.8, 4) is 12.3 Å². The van der Waals surface area contributed by atoms with Crippen LogP contribution >= 0.6 is 0 Å². The summed E-state index contributed by atoms with van der Waals surface area (Å²) in [5.41, 5.74) is 0.575. The van der Waals surface area contributed by atoms with Gasteiger partial charge in [0.1, 0.15) is 5.60 Å². The molecule has 3 saturated carbocycles. The van der Waals surface area contributed by atoms with Gasteiger partial charge in [0.05, 0.1) is 0 Å². The van der Waals surface area contributed by atoms with Gasteiger partial charge in [-0.25, -0.2) is 0 Å². The van der Waals surface area contributed by atoms with Crippen molar-refractivity contribution < 1.29 is 19.8 Å². The van der Waals surface area contributed by atoms with Crippen LogP contribution in [-0.4, -0.2) is 27.6 Å². The number of ketones is 1. The van der Waals surface area contributed by atoms with E-state index in [0.29, 0.717) is 30.0 Å². The largest absolute Gasteiger partial charge is 0.481 e. The van der Waals surface area contributed by atoms with Gasteiger partial charge >= 0.3 is 0 Å². The third-order valence-corrected chi connectivity index (χ3v) is 8.35. The number of fused-ring (bicyclic) bond motifs is 5. The predicted molar refractivity (Wildman–Crippen MR) is 104 cm³/mol. The molecule has 0 aromatic rings. The minimum atomic E-state index is -0.914. The molecule has 0 heterocycles. The van der Waals surface area contributed by atoms with Crippen molar-refractivity contribution in [3.63, 3.8) is 0 Å². The molecule has 148 valence electrons. The number of carboxylic acids is 1. The zero-order chi connectivity index (χ0) is 20.0. The maximum atomic E-state index is 11.8. The van der Waals surface area contributed by atoms with Crippen molar-refractivity contribution in [3.05, 3.63) is 11.6 Å². The number of aliphatic carboxylic acids is 1. The number of carbonyl (C=O) groups excluding carboxylic acids is 1. The number of allylic oxidation sites excluding steroid dienone is 1. The fourth-order valence-electron chi connectivity index (χ4n) is 6.81. The van der Waals surface area contributed by atoms with Gasteiger partial charge in [0, 0.05) is 18.8 Å². The van der Waals surface area contributed by atoms with E-state index in [-0.39, 0.29) is 10.8 Å². The highest BCUT2D eigenvalue weighted by molar-refractivity contribution is 5.91. The molecular weight excluding hydrogens is 340 g/mol. The highest BCUT2D eigenvalue weighted by atomic mass is 16.4. The average molecular weight is 373 g/mol. The standard InChI is InChI=1S/C21H28O2.C2H4O2/c1-4-21(23)12-9-18-16-6-5-14-13-15(22)7-10-19(14,2)17(16)8-11-20(18,21)3;1-2(3)4/h1,13,16-18,23H,5-12H2,2-3H3;1H3,(H,3,4)/t16-,17+,18+,19+,20+,21+;/m1./s1. The van der Waals surface area contributed by atoms with Crippen LogP contribution in [0, 0.1) is 40.9 Å². The Hall–Kier alpha value is -1.60. The topological polar surface area (TPSA) is 74.6 Å². The van der Waals surface area contributed by atoms with Crippen molar-refractivity contribution in [2.45, 2.75) is 77.7 Å². The van der Waals surface area contributed by atoms with Crippen LogP contribution in [0.15, 0.2) is 11.6 Å². The summed E-state index contributed by atoms with van der Waals surface area (Å²) in [6.07, 6.45) is 15.6. The second-order valence-corrected chi connectivity index (χ2v) is 9.49. The summed E-state index contributed by atoms with van der Waals surface area (Å²) in [5.74, 6) is 4.09. The Morgan fingerprint density at radius 1 is 1.15 bits per heavy atom. The smallest absolute Gasteiger partial charge is 0.300 e. The number of carbonyl (C=O) groups is 2. The third kappa shape index (κ3) is 3.05. The van der Waals surface area contributed by atoms with E-state index in [0.717, 1.165) is 45.4 Å². The van der Waals surface area contributed by atoms with Crippen LogP contribution < -0.4 is 0 Å². The van der Waals surface area contributed by atoms with Crippen LogP contribution in [0.4, 0.5) is 0 Å². The number of terminal acetylenes is 1. The molecule has 4 aliphatic rings. The molecule has 0 spiro atoms. The molecule has 4 heteroatoms. The van der Waals surface area contributed by atoms with Crippen molar-refractivity contribution in [1.29, 1.82) is 0 Å². The molecule has 0 amide bonds. The molecule has 27 heavy (non-hydrogen) atoms. The first-order valence-corrected chi connectivity index (χ1v) is 10.2. The number of hydrogen-bond donors (Lipinski definition) is 2. The predicted octanol–water partition coefficient (Wildman–Crippen LogP) is 3.97. The fraction of sp³-hybridized carbons (Fsp3) is 0.739. The van der Waals surface area contributed by atoms with Crippen molar-refractivity contribution >= 4 is 11.8 Å². The molecule has 0 aromatic heterocycles. The van der Waals surface area contributed by atoms with Gasteiger partial charge in [-0.15, -0.1) is 6.42 Å². The third-order valence-electron chi connectivity index (χ3n) is 8.35. The average Bonchev–Trinajstić information content (AvgIpc) is 2.87. The zero-order valence-corrected chi connectivity index (χ0v) is 16.8. The van der Waals surface area contributed by atoms with Gasteiger partial charge in [-0.1, -0.05) is 25.3 Å². The van der Waals surface area contributed by atoms with Gasteiger partial charge < -0.3 is 10.2 Å². The Kier molecular flexibility index (Phi) is 5.06. The Labute approximate surface area is 162 Å². The zero-order valence-electron chi connectivity index (χ0n) is 16.8. The van der Waals surface area contributed by atoms with Gasteiger partial charge in [0.15, 0.2) is 5.78 Å². The molecular formula is C23H32O4. The lowest BCUT2D eigenvalue weighted by atomic mass is 9.46. The minimum Gasteiger partial charge on any atom is -0.481 e. The Morgan fingerprint density at radius 3 is 2.41 bits per heavy atom. The summed E-state index contributed by atoms with van der Waals surface area (Å²) in [6, 6.07) is 0. The fourth-order valence-corrected chi connectivity index (χ4v) is 6.81. The summed E-state index contributed by atoms with van der Waals surface area (Å²) in [5, 5.41) is 18.4. The van der Waals surface area contributed by atoms with E-state index in [1.54, 1.807) is 0 Å². The maximum absolute atomic E-state index is 11.8.